The minimum atomic E-state index is -0.412. The van der Waals surface area contributed by atoms with Crippen LogP contribution < -0.4 is 5.32 Å². The molecule has 1 aliphatic carbocycles. The van der Waals surface area contributed by atoms with Crippen molar-refractivity contribution in [3.63, 3.8) is 0 Å². The molecule has 1 saturated heterocycles. The lowest BCUT2D eigenvalue weighted by atomic mass is 9.78. The highest BCUT2D eigenvalue weighted by molar-refractivity contribution is 6.01. The third kappa shape index (κ3) is 4.68. The van der Waals surface area contributed by atoms with E-state index in [-0.39, 0.29) is 23.9 Å². The summed E-state index contributed by atoms with van der Waals surface area (Å²) >= 11 is 0. The van der Waals surface area contributed by atoms with Crippen molar-refractivity contribution in [2.45, 2.75) is 44.2 Å². The Labute approximate surface area is 195 Å². The molecule has 2 fully saturated rings. The van der Waals surface area contributed by atoms with Gasteiger partial charge in [-0.2, -0.15) is 0 Å². The van der Waals surface area contributed by atoms with Gasteiger partial charge in [0.2, 0.25) is 5.91 Å². The van der Waals surface area contributed by atoms with E-state index in [1.54, 1.807) is 0 Å². The van der Waals surface area contributed by atoms with Gasteiger partial charge in [-0.3, -0.25) is 14.5 Å². The number of amides is 2. The Morgan fingerprint density at radius 1 is 1.09 bits per heavy atom. The fourth-order valence-electron chi connectivity index (χ4n) is 5.25. The molecule has 0 aromatic heterocycles. The first-order chi connectivity index (χ1) is 16.1. The fourth-order valence-corrected chi connectivity index (χ4v) is 5.25. The van der Waals surface area contributed by atoms with Crippen LogP contribution in [0.15, 0.2) is 48.5 Å². The predicted molar refractivity (Wildman–Crippen MR) is 127 cm³/mol. The predicted octanol–water partition coefficient (Wildman–Crippen LogP) is 3.28. The largest absolute Gasteiger partial charge is 0.379 e. The van der Waals surface area contributed by atoms with Crippen molar-refractivity contribution in [3.8, 4) is 0 Å². The molecule has 2 amide bonds. The molecule has 0 bridgehead atoms. The second kappa shape index (κ2) is 9.65. The summed E-state index contributed by atoms with van der Waals surface area (Å²) < 4.78 is 5.42. The SMILES string of the molecule is Cc1cccc([C@@H]2[C@H](C(=O)NCCCN3CCOCC3)c3ccccc3C(=O)N2C2CC2)c1. The van der Waals surface area contributed by atoms with Gasteiger partial charge < -0.3 is 15.0 Å². The van der Waals surface area contributed by atoms with Crippen LogP contribution in [0.25, 0.3) is 0 Å². The van der Waals surface area contributed by atoms with Gasteiger partial charge >= 0.3 is 0 Å². The number of ether oxygens (including phenoxy) is 1. The summed E-state index contributed by atoms with van der Waals surface area (Å²) in [5, 5.41) is 3.21. The number of carbonyl (C=O) groups is 2. The van der Waals surface area contributed by atoms with E-state index in [1.165, 1.54) is 0 Å². The molecule has 1 saturated carbocycles. The van der Waals surface area contributed by atoms with E-state index < -0.39 is 5.92 Å². The van der Waals surface area contributed by atoms with E-state index in [0.29, 0.717) is 12.1 Å². The van der Waals surface area contributed by atoms with E-state index >= 15 is 0 Å². The average Bonchev–Trinajstić information content (AvgIpc) is 3.67. The number of morpholine rings is 1. The van der Waals surface area contributed by atoms with Crippen molar-refractivity contribution in [3.05, 3.63) is 70.8 Å². The third-order valence-electron chi connectivity index (χ3n) is 7.04. The molecule has 2 heterocycles. The molecule has 0 spiro atoms. The average molecular weight is 448 g/mol. The second-order valence-corrected chi connectivity index (χ2v) is 9.47. The Kier molecular flexibility index (Phi) is 6.47. The van der Waals surface area contributed by atoms with Crippen LogP contribution in [0, 0.1) is 6.92 Å². The maximum atomic E-state index is 13.7. The highest BCUT2D eigenvalue weighted by Crippen LogP contribution is 2.47. The molecule has 6 nitrogen and oxygen atoms in total. The first-order valence-corrected chi connectivity index (χ1v) is 12.2. The molecule has 2 aromatic carbocycles. The van der Waals surface area contributed by atoms with Crippen molar-refractivity contribution >= 4 is 11.8 Å². The molecule has 0 unspecified atom stereocenters. The van der Waals surface area contributed by atoms with E-state index in [2.05, 4.69) is 35.3 Å². The Balaban J connectivity index is 1.41. The molecule has 5 rings (SSSR count). The number of nitrogens with one attached hydrogen (secondary N) is 1. The van der Waals surface area contributed by atoms with Gasteiger partial charge in [0, 0.05) is 31.2 Å². The minimum Gasteiger partial charge on any atom is -0.379 e. The maximum Gasteiger partial charge on any atom is 0.254 e. The van der Waals surface area contributed by atoms with Crippen LogP contribution >= 0.6 is 0 Å². The van der Waals surface area contributed by atoms with Gasteiger partial charge in [0.1, 0.15) is 0 Å². The number of hydrogen-bond acceptors (Lipinski definition) is 4. The third-order valence-corrected chi connectivity index (χ3v) is 7.04. The van der Waals surface area contributed by atoms with E-state index in [1.807, 2.05) is 35.2 Å². The first kappa shape index (κ1) is 22.1. The molecule has 2 aliphatic heterocycles. The summed E-state index contributed by atoms with van der Waals surface area (Å²) in [6.07, 6.45) is 2.91. The summed E-state index contributed by atoms with van der Waals surface area (Å²) in [4.78, 5) is 31.6. The summed E-state index contributed by atoms with van der Waals surface area (Å²) in [5.74, 6) is -0.352. The number of aryl methyl sites for hydroxylation is 1. The highest BCUT2D eigenvalue weighted by atomic mass is 16.5. The molecular weight excluding hydrogens is 414 g/mol. The maximum absolute atomic E-state index is 13.7. The molecule has 1 N–H and O–H groups in total. The van der Waals surface area contributed by atoms with Gasteiger partial charge in [-0.1, -0.05) is 48.0 Å². The molecule has 6 heteroatoms. The minimum absolute atomic E-state index is 0.00841. The van der Waals surface area contributed by atoms with Gasteiger partial charge in [-0.25, -0.2) is 0 Å². The van der Waals surface area contributed by atoms with Crippen LogP contribution in [-0.2, 0) is 9.53 Å². The number of rotatable bonds is 7. The van der Waals surface area contributed by atoms with Crippen molar-refractivity contribution < 1.29 is 14.3 Å². The Morgan fingerprint density at radius 2 is 1.88 bits per heavy atom. The second-order valence-electron chi connectivity index (χ2n) is 9.47. The summed E-state index contributed by atoms with van der Waals surface area (Å²) in [6, 6.07) is 15.9. The lowest BCUT2D eigenvalue weighted by Crippen LogP contribution is -2.48. The Morgan fingerprint density at radius 3 is 2.64 bits per heavy atom. The molecule has 33 heavy (non-hydrogen) atoms. The number of nitrogens with zero attached hydrogens (tertiary/aromatic N) is 2. The topological polar surface area (TPSA) is 61.9 Å². The van der Waals surface area contributed by atoms with Crippen molar-refractivity contribution in [2.24, 2.45) is 0 Å². The van der Waals surface area contributed by atoms with E-state index in [0.717, 1.165) is 68.8 Å². The molecule has 0 radical (unpaired) electrons. The smallest absolute Gasteiger partial charge is 0.254 e. The van der Waals surface area contributed by atoms with Crippen LogP contribution in [0.4, 0.5) is 0 Å². The summed E-state index contributed by atoms with van der Waals surface area (Å²) in [5.41, 5.74) is 3.69. The molecule has 174 valence electrons. The lowest BCUT2D eigenvalue weighted by molar-refractivity contribution is -0.124. The zero-order valence-electron chi connectivity index (χ0n) is 19.3. The molecule has 2 atom stereocenters. The van der Waals surface area contributed by atoms with Gasteiger partial charge in [0.25, 0.3) is 5.91 Å². The summed E-state index contributed by atoms with van der Waals surface area (Å²) in [6.45, 7) is 7.13. The first-order valence-electron chi connectivity index (χ1n) is 12.2. The quantitative estimate of drug-likeness (QED) is 0.662. The monoisotopic (exact) mass is 447 g/mol. The Bertz CT molecular complexity index is 1010. The van der Waals surface area contributed by atoms with Gasteiger partial charge in [0.15, 0.2) is 0 Å². The van der Waals surface area contributed by atoms with Crippen LogP contribution in [0.5, 0.6) is 0 Å². The number of fused-ring (bicyclic) bond motifs is 1. The number of carbonyl (C=O) groups excluding carboxylic acids is 2. The molecular formula is C27H33N3O3. The van der Waals surface area contributed by atoms with Gasteiger partial charge in [-0.05, 0) is 49.9 Å². The molecule has 3 aliphatic rings. The van der Waals surface area contributed by atoms with Crippen LogP contribution in [-0.4, -0.2) is 67.0 Å². The van der Waals surface area contributed by atoms with Crippen molar-refractivity contribution in [2.75, 3.05) is 39.4 Å². The van der Waals surface area contributed by atoms with Gasteiger partial charge in [0.05, 0.1) is 25.2 Å². The van der Waals surface area contributed by atoms with Crippen LogP contribution in [0.3, 0.4) is 0 Å². The van der Waals surface area contributed by atoms with Crippen LogP contribution in [0.1, 0.15) is 58.3 Å². The van der Waals surface area contributed by atoms with Gasteiger partial charge in [-0.15, -0.1) is 0 Å². The van der Waals surface area contributed by atoms with Crippen molar-refractivity contribution in [1.82, 2.24) is 15.1 Å². The normalized spacial score (nSPS) is 23.3. The standard InChI is InChI=1S/C27H33N3O3/c1-19-6-4-7-20(18-19)25-24(26(31)28-12-5-13-29-14-16-33-17-15-29)22-8-2-3-9-23(22)27(32)30(25)21-10-11-21/h2-4,6-9,18,21,24-25H,5,10-17H2,1H3,(H,28,31)/t24-,25-/m1/s1. The zero-order chi connectivity index (χ0) is 22.8. The zero-order valence-corrected chi connectivity index (χ0v) is 19.3. The lowest BCUT2D eigenvalue weighted by Gasteiger charge is -2.42. The van der Waals surface area contributed by atoms with E-state index in [4.69, 9.17) is 4.74 Å². The Hall–Kier alpha value is -2.70. The van der Waals surface area contributed by atoms with Crippen molar-refractivity contribution in [1.29, 1.82) is 0 Å². The highest BCUT2D eigenvalue weighted by Gasteiger charge is 2.48. The molecule has 2 aromatic rings. The number of hydrogen-bond donors (Lipinski definition) is 1. The number of benzene rings is 2. The fraction of sp³-hybridized carbons (Fsp3) is 0.481. The van der Waals surface area contributed by atoms with E-state index in [9.17, 15) is 9.59 Å². The van der Waals surface area contributed by atoms with Crippen LogP contribution in [0.2, 0.25) is 0 Å². The summed E-state index contributed by atoms with van der Waals surface area (Å²) in [7, 11) is 0.